The number of pyridine rings is 1. The number of amides is 3. The van der Waals surface area contributed by atoms with Crippen molar-refractivity contribution in [1.29, 1.82) is 0 Å². The summed E-state index contributed by atoms with van der Waals surface area (Å²) in [4.78, 5) is 60.3. The molecule has 52 heavy (non-hydrogen) atoms. The number of halogens is 2. The highest BCUT2D eigenvalue weighted by molar-refractivity contribution is 7.22. The largest absolute Gasteiger partial charge is 0.355 e. The van der Waals surface area contributed by atoms with Crippen LogP contribution < -0.4 is 27.2 Å². The van der Waals surface area contributed by atoms with Gasteiger partial charge in [-0.05, 0) is 73.6 Å². The summed E-state index contributed by atoms with van der Waals surface area (Å²) < 4.78 is 32.4. The maximum atomic E-state index is 15.1. The summed E-state index contributed by atoms with van der Waals surface area (Å²) >= 11 is 1.17. The van der Waals surface area contributed by atoms with Crippen molar-refractivity contribution in [3.63, 3.8) is 0 Å². The molecular formula is C38H35F2N7O4S. The van der Waals surface area contributed by atoms with E-state index in [2.05, 4.69) is 20.9 Å². The molecule has 0 aliphatic rings. The molecule has 3 N–H and O–H groups in total. The Morgan fingerprint density at radius 1 is 0.885 bits per heavy atom. The van der Waals surface area contributed by atoms with Crippen LogP contribution in [0.15, 0.2) is 101 Å². The molecule has 0 unspecified atom stereocenters. The minimum absolute atomic E-state index is 0.212. The zero-order valence-corrected chi connectivity index (χ0v) is 29.4. The molecule has 0 spiro atoms. The van der Waals surface area contributed by atoms with E-state index in [4.69, 9.17) is 0 Å². The number of anilines is 1. The van der Waals surface area contributed by atoms with Gasteiger partial charge in [0.2, 0.25) is 0 Å². The Morgan fingerprint density at radius 2 is 1.60 bits per heavy atom. The maximum Gasteiger partial charge on any atom is 0.337 e. The zero-order valence-electron chi connectivity index (χ0n) is 28.6. The summed E-state index contributed by atoms with van der Waals surface area (Å²) in [7, 11) is 3.39. The second-order valence-corrected chi connectivity index (χ2v) is 13.0. The smallest absolute Gasteiger partial charge is 0.337 e. The summed E-state index contributed by atoms with van der Waals surface area (Å²) in [5, 5.41) is 8.24. The molecule has 0 fully saturated rings. The number of benzene rings is 3. The normalized spacial score (nSPS) is 11.2. The Kier molecular flexibility index (Phi) is 10.7. The molecule has 6 aromatic rings. The monoisotopic (exact) mass is 723 g/mol. The quantitative estimate of drug-likeness (QED) is 0.157. The number of hydrogen-bond acceptors (Lipinski definition) is 7. The van der Waals surface area contributed by atoms with E-state index in [1.54, 1.807) is 66.7 Å². The van der Waals surface area contributed by atoms with Crippen molar-refractivity contribution in [1.82, 2.24) is 29.7 Å². The second-order valence-electron chi connectivity index (χ2n) is 12.0. The Balaban J connectivity index is 1.54. The molecule has 6 rings (SSSR count). The van der Waals surface area contributed by atoms with Crippen LogP contribution >= 0.6 is 11.3 Å². The number of aromatic nitrogens is 3. The van der Waals surface area contributed by atoms with Crippen LogP contribution in [0.1, 0.15) is 34.1 Å². The highest BCUT2D eigenvalue weighted by Crippen LogP contribution is 2.38. The van der Waals surface area contributed by atoms with Crippen molar-refractivity contribution in [3.8, 4) is 16.1 Å². The predicted octanol–water partition coefficient (Wildman–Crippen LogP) is 5.74. The van der Waals surface area contributed by atoms with E-state index in [-0.39, 0.29) is 34.3 Å². The van der Waals surface area contributed by atoms with Gasteiger partial charge in [0.1, 0.15) is 16.5 Å². The molecule has 3 aromatic carbocycles. The lowest BCUT2D eigenvalue weighted by Crippen LogP contribution is -2.39. The third-order valence-electron chi connectivity index (χ3n) is 8.38. The van der Waals surface area contributed by atoms with Crippen molar-refractivity contribution >= 4 is 39.2 Å². The lowest BCUT2D eigenvalue weighted by molar-refractivity contribution is 0.0962. The number of fused-ring (bicyclic) bond motifs is 1. The van der Waals surface area contributed by atoms with E-state index >= 15 is 8.78 Å². The number of carbonyl (C=O) groups excluding carboxylic acids is 2. The summed E-state index contributed by atoms with van der Waals surface area (Å²) in [6, 6.07) is 22.0. The van der Waals surface area contributed by atoms with Gasteiger partial charge in [-0.25, -0.2) is 22.9 Å². The fourth-order valence-electron chi connectivity index (χ4n) is 5.88. The molecule has 3 amide bonds. The van der Waals surface area contributed by atoms with Crippen LogP contribution in [0.5, 0.6) is 0 Å². The molecule has 3 heterocycles. The number of nitrogens with one attached hydrogen (secondary N) is 3. The molecule has 0 atom stereocenters. The van der Waals surface area contributed by atoms with Gasteiger partial charge in [-0.2, -0.15) is 0 Å². The lowest BCUT2D eigenvalue weighted by Gasteiger charge is -2.18. The SMILES string of the molecule is CCNC(=O)Nc1ccc(-c2sc3c(c2CN(C)Cc2ccc(C(=O)NC)cn2)c(=O)n(-c2ccccc2)c(=O)n3Cc2c(F)cccc2F)cc1. The molecule has 0 aliphatic heterocycles. The van der Waals surface area contributed by atoms with Crippen molar-refractivity contribution < 1.29 is 18.4 Å². The van der Waals surface area contributed by atoms with E-state index in [0.29, 0.717) is 51.7 Å². The van der Waals surface area contributed by atoms with Crippen molar-refractivity contribution in [3.05, 3.63) is 146 Å². The number of rotatable bonds is 11. The van der Waals surface area contributed by atoms with Crippen LogP contribution in [0.2, 0.25) is 0 Å². The third kappa shape index (κ3) is 7.38. The molecule has 0 saturated carbocycles. The molecule has 14 heteroatoms. The van der Waals surface area contributed by atoms with Gasteiger partial charge in [0.25, 0.3) is 11.5 Å². The first-order chi connectivity index (χ1) is 25.1. The number of nitrogens with zero attached hydrogens (tertiary/aromatic N) is 4. The summed E-state index contributed by atoms with van der Waals surface area (Å²) in [5.41, 5.74) is 1.57. The van der Waals surface area contributed by atoms with Gasteiger partial charge in [-0.1, -0.05) is 36.4 Å². The number of carbonyl (C=O) groups is 2. The molecule has 0 bridgehead atoms. The predicted molar refractivity (Wildman–Crippen MR) is 198 cm³/mol. The van der Waals surface area contributed by atoms with Crippen LogP contribution in [0.25, 0.3) is 26.3 Å². The van der Waals surface area contributed by atoms with Gasteiger partial charge in [-0.15, -0.1) is 11.3 Å². The molecule has 0 saturated heterocycles. The topological polar surface area (TPSA) is 130 Å². The van der Waals surface area contributed by atoms with Crippen LogP contribution in [0, 0.1) is 11.6 Å². The van der Waals surface area contributed by atoms with E-state index < -0.39 is 29.4 Å². The lowest BCUT2D eigenvalue weighted by atomic mass is 10.1. The third-order valence-corrected chi connectivity index (χ3v) is 9.69. The first-order valence-corrected chi connectivity index (χ1v) is 17.2. The Hall–Kier alpha value is -5.99. The van der Waals surface area contributed by atoms with Crippen LogP contribution in [-0.4, -0.2) is 51.6 Å². The number of urea groups is 1. The fraction of sp³-hybridized carbons (Fsp3) is 0.184. The van der Waals surface area contributed by atoms with Crippen LogP contribution in [0.3, 0.4) is 0 Å². The fourth-order valence-corrected chi connectivity index (χ4v) is 7.18. The first-order valence-electron chi connectivity index (χ1n) is 16.4. The summed E-state index contributed by atoms with van der Waals surface area (Å²) in [6.45, 7) is 2.35. The highest BCUT2D eigenvalue weighted by atomic mass is 32.1. The molecule has 266 valence electrons. The maximum absolute atomic E-state index is 15.1. The Bertz CT molecular complexity index is 2350. The van der Waals surface area contributed by atoms with Gasteiger partial charge in [0.05, 0.1) is 28.9 Å². The summed E-state index contributed by atoms with van der Waals surface area (Å²) in [6.07, 6.45) is 1.49. The molecule has 0 aliphatic carbocycles. The van der Waals surface area contributed by atoms with Gasteiger partial charge in [0, 0.05) is 49.0 Å². The first kappa shape index (κ1) is 35.8. The van der Waals surface area contributed by atoms with Crippen molar-refractivity contribution in [2.45, 2.75) is 26.6 Å². The molecule has 0 radical (unpaired) electrons. The van der Waals surface area contributed by atoms with E-state index in [9.17, 15) is 19.2 Å². The van der Waals surface area contributed by atoms with Crippen LogP contribution in [0.4, 0.5) is 19.3 Å². The minimum Gasteiger partial charge on any atom is -0.355 e. The van der Waals surface area contributed by atoms with Gasteiger partial charge < -0.3 is 16.0 Å². The zero-order chi connectivity index (χ0) is 36.9. The standard InChI is InChI=1S/C38H35F2N7O4S/c1-4-42-37(50)44-25-16-13-23(14-17-25)33-29(21-45(3)20-26-18-15-24(19-43-26)34(48)41-2)32-35(49)47(27-9-6-5-7-10-27)38(51)46(36(32)52-33)22-28-30(39)11-8-12-31(28)40/h5-19H,4,20-22H2,1-3H3,(H,41,48)(H2,42,44,50). The van der Waals surface area contributed by atoms with E-state index in [1.807, 2.05) is 18.9 Å². The second kappa shape index (κ2) is 15.5. The number of thiophene rings is 1. The van der Waals surface area contributed by atoms with Gasteiger partial charge in [0.15, 0.2) is 0 Å². The van der Waals surface area contributed by atoms with E-state index in [0.717, 1.165) is 16.7 Å². The number of hydrogen-bond donors (Lipinski definition) is 3. The average Bonchev–Trinajstić information content (AvgIpc) is 3.50. The Morgan fingerprint density at radius 3 is 2.23 bits per heavy atom. The van der Waals surface area contributed by atoms with Gasteiger partial charge in [-0.3, -0.25) is 24.0 Å². The molecule has 3 aromatic heterocycles. The van der Waals surface area contributed by atoms with Crippen molar-refractivity contribution in [2.24, 2.45) is 0 Å². The molecular weight excluding hydrogens is 689 g/mol. The highest BCUT2D eigenvalue weighted by Gasteiger charge is 2.26. The van der Waals surface area contributed by atoms with Gasteiger partial charge >= 0.3 is 11.7 Å². The number of para-hydroxylation sites is 1. The van der Waals surface area contributed by atoms with E-state index in [1.165, 1.54) is 35.2 Å². The van der Waals surface area contributed by atoms with Crippen LogP contribution in [-0.2, 0) is 19.6 Å². The average molecular weight is 724 g/mol. The molecule has 11 nitrogen and oxygen atoms in total. The van der Waals surface area contributed by atoms with Crippen molar-refractivity contribution in [2.75, 3.05) is 26.0 Å². The minimum atomic E-state index is -0.820. The summed E-state index contributed by atoms with van der Waals surface area (Å²) in [5.74, 6) is -1.90. The Labute approximate surface area is 301 Å².